The van der Waals surface area contributed by atoms with Gasteiger partial charge >= 0.3 is 0 Å². The Kier molecular flexibility index (Phi) is 5.84. The van der Waals surface area contributed by atoms with E-state index in [0.29, 0.717) is 0 Å². The van der Waals surface area contributed by atoms with Crippen molar-refractivity contribution in [2.75, 3.05) is 0 Å². The third-order valence-electron chi connectivity index (χ3n) is 12.2. The van der Waals surface area contributed by atoms with Crippen LogP contribution in [0, 0.1) is 0 Å². The van der Waals surface area contributed by atoms with Crippen LogP contribution in [0.5, 0.6) is 0 Å². The predicted molar refractivity (Wildman–Crippen MR) is 227 cm³/mol. The van der Waals surface area contributed by atoms with Crippen LogP contribution < -0.4 is 0 Å². The molecule has 11 aromatic rings. The molecule has 3 nitrogen and oxygen atoms in total. The van der Waals surface area contributed by atoms with Crippen LogP contribution >= 0.6 is 0 Å². The number of hydrogen-bond donors (Lipinski definition) is 0. The van der Waals surface area contributed by atoms with Crippen molar-refractivity contribution in [2.45, 2.75) is 19.3 Å². The molecule has 0 atom stereocenters. The number of rotatable bonds is 3. The molecule has 0 aliphatic heterocycles. The van der Waals surface area contributed by atoms with Gasteiger partial charge in [0.2, 0.25) is 0 Å². The first kappa shape index (κ1) is 29.7. The molecule has 0 saturated carbocycles. The monoisotopic (exact) mass is 689 g/mol. The van der Waals surface area contributed by atoms with Crippen molar-refractivity contribution in [1.82, 2.24) is 13.7 Å². The van der Waals surface area contributed by atoms with Gasteiger partial charge in [0.25, 0.3) is 0 Å². The van der Waals surface area contributed by atoms with Crippen LogP contribution in [0.4, 0.5) is 0 Å². The lowest BCUT2D eigenvalue weighted by atomic mass is 9.82. The van der Waals surface area contributed by atoms with Crippen molar-refractivity contribution < 1.29 is 0 Å². The first-order valence-corrected chi connectivity index (χ1v) is 18.9. The Balaban J connectivity index is 1.20. The second-order valence-corrected chi connectivity index (χ2v) is 15.3. The van der Waals surface area contributed by atoms with Crippen LogP contribution in [0.25, 0.3) is 93.6 Å². The maximum atomic E-state index is 2.46. The Hall–Kier alpha value is -6.84. The molecule has 8 aromatic carbocycles. The lowest BCUT2D eigenvalue weighted by Crippen LogP contribution is -2.15. The Morgan fingerprint density at radius 2 is 0.759 bits per heavy atom. The van der Waals surface area contributed by atoms with Gasteiger partial charge in [0.05, 0.1) is 33.1 Å². The summed E-state index contributed by atoms with van der Waals surface area (Å²) in [6, 6.07) is 65.0. The predicted octanol–water partition coefficient (Wildman–Crippen LogP) is 13.3. The fourth-order valence-corrected chi connectivity index (χ4v) is 9.86. The first-order valence-electron chi connectivity index (χ1n) is 18.9. The molecule has 54 heavy (non-hydrogen) atoms. The average Bonchev–Trinajstić information content (AvgIpc) is 3.91. The molecular formula is C51H35N3. The lowest BCUT2D eigenvalue weighted by Gasteiger charge is -2.21. The largest absolute Gasteiger partial charge is 0.309 e. The molecule has 0 N–H and O–H groups in total. The highest BCUT2D eigenvalue weighted by Gasteiger charge is 2.38. The summed E-state index contributed by atoms with van der Waals surface area (Å²) >= 11 is 0. The van der Waals surface area contributed by atoms with E-state index in [-0.39, 0.29) is 5.41 Å². The van der Waals surface area contributed by atoms with Crippen LogP contribution in [0.1, 0.15) is 25.0 Å². The van der Waals surface area contributed by atoms with Crippen LogP contribution in [0.2, 0.25) is 0 Å². The zero-order chi connectivity index (χ0) is 35.7. The number of fused-ring (bicyclic) bond motifs is 13. The van der Waals surface area contributed by atoms with E-state index in [1.54, 1.807) is 0 Å². The quantitative estimate of drug-likeness (QED) is 0.175. The molecule has 1 aliphatic carbocycles. The summed E-state index contributed by atoms with van der Waals surface area (Å²) in [5.41, 5.74) is 16.1. The number of para-hydroxylation sites is 5. The molecule has 254 valence electrons. The van der Waals surface area contributed by atoms with Crippen LogP contribution in [-0.2, 0) is 5.41 Å². The molecule has 0 unspecified atom stereocenters. The maximum absolute atomic E-state index is 2.46. The molecule has 0 fully saturated rings. The molecule has 3 aromatic heterocycles. The zero-order valence-corrected chi connectivity index (χ0v) is 30.1. The van der Waals surface area contributed by atoms with Gasteiger partial charge < -0.3 is 13.7 Å². The second kappa shape index (κ2) is 10.6. The molecule has 3 heteroatoms. The lowest BCUT2D eigenvalue weighted by molar-refractivity contribution is 0.660. The summed E-state index contributed by atoms with van der Waals surface area (Å²) in [5, 5.41) is 7.67. The smallest absolute Gasteiger partial charge is 0.0547 e. The van der Waals surface area contributed by atoms with Crippen LogP contribution in [0.15, 0.2) is 176 Å². The second-order valence-electron chi connectivity index (χ2n) is 15.3. The Morgan fingerprint density at radius 3 is 1.33 bits per heavy atom. The Morgan fingerprint density at radius 1 is 0.333 bits per heavy atom. The van der Waals surface area contributed by atoms with Crippen molar-refractivity contribution in [1.29, 1.82) is 0 Å². The summed E-state index contributed by atoms with van der Waals surface area (Å²) in [6.45, 7) is 4.78. The average molecular weight is 690 g/mol. The van der Waals surface area contributed by atoms with Crippen molar-refractivity contribution in [3.05, 3.63) is 187 Å². The number of hydrogen-bond acceptors (Lipinski definition) is 0. The van der Waals surface area contributed by atoms with E-state index < -0.39 is 0 Å². The first-order chi connectivity index (χ1) is 26.6. The number of benzene rings is 8. The van der Waals surface area contributed by atoms with E-state index in [4.69, 9.17) is 0 Å². The van der Waals surface area contributed by atoms with E-state index in [0.717, 1.165) is 0 Å². The standard InChI is InChI=1S/C51H35N3/c1-51(2)41-26-24-33(53-43-20-10-6-16-35(43)36-17-7-11-21-44(36)53)30-39(41)49-42(51)27-29-48-50(49)40-31-34(25-28-47(40)52(48)32-14-4-3-5-15-32)54-45-22-12-8-18-37(45)38-19-9-13-23-46(38)54/h3-31H,1-2H3. The van der Waals surface area contributed by atoms with E-state index in [2.05, 4.69) is 203 Å². The SMILES string of the molecule is CC1(C)c2ccc(-n3c4ccccc4c4ccccc43)cc2-c2c1ccc1c2c2cc(-n3c4ccccc4c4ccccc43)ccc2n1-c1ccccc1. The topological polar surface area (TPSA) is 14.8 Å². The minimum Gasteiger partial charge on any atom is -0.309 e. The normalized spacial score (nSPS) is 13.5. The van der Waals surface area contributed by atoms with E-state index in [1.165, 1.54) is 105 Å². The summed E-state index contributed by atoms with van der Waals surface area (Å²) in [6.07, 6.45) is 0. The molecule has 3 heterocycles. The molecule has 0 saturated heterocycles. The molecular weight excluding hydrogens is 655 g/mol. The highest BCUT2D eigenvalue weighted by atomic mass is 15.0. The summed E-state index contributed by atoms with van der Waals surface area (Å²) in [4.78, 5) is 0. The zero-order valence-electron chi connectivity index (χ0n) is 30.1. The van der Waals surface area contributed by atoms with E-state index in [1.807, 2.05) is 0 Å². The summed E-state index contributed by atoms with van der Waals surface area (Å²) in [7, 11) is 0. The van der Waals surface area contributed by atoms with Crippen molar-refractivity contribution >= 4 is 65.4 Å². The highest BCUT2D eigenvalue weighted by molar-refractivity contribution is 6.19. The fourth-order valence-electron chi connectivity index (χ4n) is 9.86. The molecule has 1 aliphatic rings. The molecule has 0 spiro atoms. The number of nitrogens with zero attached hydrogens (tertiary/aromatic N) is 3. The van der Waals surface area contributed by atoms with Crippen molar-refractivity contribution in [2.24, 2.45) is 0 Å². The van der Waals surface area contributed by atoms with E-state index >= 15 is 0 Å². The maximum Gasteiger partial charge on any atom is 0.0547 e. The summed E-state index contributed by atoms with van der Waals surface area (Å²) in [5.74, 6) is 0. The molecule has 0 bridgehead atoms. The third-order valence-corrected chi connectivity index (χ3v) is 12.2. The van der Waals surface area contributed by atoms with Crippen LogP contribution in [-0.4, -0.2) is 13.7 Å². The molecule has 0 amide bonds. The van der Waals surface area contributed by atoms with Gasteiger partial charge in [-0.3, -0.25) is 0 Å². The van der Waals surface area contributed by atoms with Crippen molar-refractivity contribution in [3.63, 3.8) is 0 Å². The van der Waals surface area contributed by atoms with Gasteiger partial charge in [0.15, 0.2) is 0 Å². The van der Waals surface area contributed by atoms with Crippen molar-refractivity contribution in [3.8, 4) is 28.2 Å². The van der Waals surface area contributed by atoms with Gasteiger partial charge in [-0.05, 0) is 95.1 Å². The Labute approximate surface area is 312 Å². The summed E-state index contributed by atoms with van der Waals surface area (Å²) < 4.78 is 7.35. The van der Waals surface area contributed by atoms with Gasteiger partial charge in [0, 0.05) is 54.8 Å². The van der Waals surface area contributed by atoms with Gasteiger partial charge in [0.1, 0.15) is 0 Å². The van der Waals surface area contributed by atoms with Gasteiger partial charge in [-0.1, -0.05) is 117 Å². The minimum atomic E-state index is -0.163. The molecule has 12 rings (SSSR count). The third kappa shape index (κ3) is 3.80. The fraction of sp³-hybridized carbons (Fsp3) is 0.0588. The van der Waals surface area contributed by atoms with Crippen LogP contribution in [0.3, 0.4) is 0 Å². The van der Waals surface area contributed by atoms with Gasteiger partial charge in [-0.2, -0.15) is 0 Å². The Bertz CT molecular complexity index is 3240. The van der Waals surface area contributed by atoms with E-state index in [9.17, 15) is 0 Å². The highest BCUT2D eigenvalue weighted by Crippen LogP contribution is 2.54. The van der Waals surface area contributed by atoms with Gasteiger partial charge in [-0.15, -0.1) is 0 Å². The van der Waals surface area contributed by atoms with Gasteiger partial charge in [-0.25, -0.2) is 0 Å². The minimum absolute atomic E-state index is 0.163. The molecule has 0 radical (unpaired) electrons. The number of aromatic nitrogens is 3.